The lowest BCUT2D eigenvalue weighted by molar-refractivity contribution is -0.137. The van der Waals surface area contributed by atoms with Gasteiger partial charge >= 0.3 is 6.18 Å². The molecule has 2 aromatic rings. The van der Waals surface area contributed by atoms with Crippen molar-refractivity contribution >= 4 is 0 Å². The molecule has 0 aliphatic carbocycles. The van der Waals surface area contributed by atoms with Gasteiger partial charge < -0.3 is 4.42 Å². The van der Waals surface area contributed by atoms with Gasteiger partial charge in [0.05, 0.1) is 11.8 Å². The molecule has 1 heterocycles. The minimum absolute atomic E-state index is 0.605. The fraction of sp³-hybridized carbons (Fsp3) is 0.167. The molecule has 1 nitrogen and oxygen atoms in total. The van der Waals surface area contributed by atoms with Crippen LogP contribution >= 0.6 is 0 Å². The summed E-state index contributed by atoms with van der Waals surface area (Å²) in [5.74, 6) is 0.605. The van der Waals surface area contributed by atoms with Gasteiger partial charge in [0.25, 0.3) is 0 Å². The maximum atomic E-state index is 12.3. The summed E-state index contributed by atoms with van der Waals surface area (Å²) in [6.07, 6.45) is -2.78. The fourth-order valence-corrected chi connectivity index (χ4v) is 1.48. The molecule has 0 aliphatic rings. The van der Waals surface area contributed by atoms with Crippen LogP contribution in [0.4, 0.5) is 13.2 Å². The van der Waals surface area contributed by atoms with Crippen LogP contribution in [0.5, 0.6) is 0 Å². The maximum Gasteiger partial charge on any atom is 0.416 e. The zero-order valence-electron chi connectivity index (χ0n) is 8.51. The molecule has 1 aromatic heterocycles. The van der Waals surface area contributed by atoms with Gasteiger partial charge in [-0.05, 0) is 30.7 Å². The van der Waals surface area contributed by atoms with Crippen molar-refractivity contribution in [3.63, 3.8) is 0 Å². The van der Waals surface area contributed by atoms with E-state index in [2.05, 4.69) is 0 Å². The number of aryl methyl sites for hydroxylation is 1. The topological polar surface area (TPSA) is 13.1 Å². The molecular weight excluding hydrogens is 217 g/mol. The molecule has 0 N–H and O–H groups in total. The van der Waals surface area contributed by atoms with Crippen LogP contribution in [-0.2, 0) is 6.18 Å². The molecule has 1 aromatic carbocycles. The first kappa shape index (κ1) is 10.8. The second-order valence-electron chi connectivity index (χ2n) is 3.51. The highest BCUT2D eigenvalue weighted by atomic mass is 19.4. The highest BCUT2D eigenvalue weighted by molar-refractivity contribution is 5.61. The number of benzene rings is 1. The summed E-state index contributed by atoms with van der Waals surface area (Å²) < 4.78 is 42.1. The second kappa shape index (κ2) is 3.70. The third kappa shape index (κ3) is 1.96. The fourth-order valence-electron chi connectivity index (χ4n) is 1.48. The van der Waals surface area contributed by atoms with E-state index in [0.29, 0.717) is 11.3 Å². The SMILES string of the molecule is Cc1ccoc1-c1ccc(C(F)(F)F)cc1. The van der Waals surface area contributed by atoms with Gasteiger partial charge in [-0.15, -0.1) is 0 Å². The summed E-state index contributed by atoms with van der Waals surface area (Å²) in [5.41, 5.74) is 0.899. The number of hydrogen-bond acceptors (Lipinski definition) is 1. The first-order valence-corrected chi connectivity index (χ1v) is 4.70. The molecule has 0 atom stereocenters. The number of furan rings is 1. The van der Waals surface area contributed by atoms with Crippen molar-refractivity contribution in [2.45, 2.75) is 13.1 Å². The van der Waals surface area contributed by atoms with Gasteiger partial charge in [0.15, 0.2) is 0 Å². The van der Waals surface area contributed by atoms with Gasteiger partial charge in [0, 0.05) is 5.56 Å². The van der Waals surface area contributed by atoms with Crippen LogP contribution in [0.25, 0.3) is 11.3 Å². The molecule has 0 aliphatic heterocycles. The van der Waals surface area contributed by atoms with Crippen molar-refractivity contribution in [3.05, 3.63) is 47.7 Å². The van der Waals surface area contributed by atoms with E-state index < -0.39 is 11.7 Å². The Bertz CT molecular complexity index is 480. The minimum Gasteiger partial charge on any atom is -0.464 e. The first-order chi connectivity index (χ1) is 7.48. The van der Waals surface area contributed by atoms with Crippen molar-refractivity contribution in [2.75, 3.05) is 0 Å². The van der Waals surface area contributed by atoms with E-state index in [9.17, 15) is 13.2 Å². The largest absolute Gasteiger partial charge is 0.464 e. The van der Waals surface area contributed by atoms with Crippen molar-refractivity contribution < 1.29 is 17.6 Å². The Hall–Kier alpha value is -1.71. The molecule has 0 spiro atoms. The Balaban J connectivity index is 2.37. The summed E-state index contributed by atoms with van der Waals surface area (Å²) in [6, 6.07) is 6.70. The summed E-state index contributed by atoms with van der Waals surface area (Å²) >= 11 is 0. The van der Waals surface area contributed by atoms with E-state index in [1.807, 2.05) is 6.92 Å². The average Bonchev–Trinajstić information content (AvgIpc) is 2.63. The number of halogens is 3. The summed E-state index contributed by atoms with van der Waals surface area (Å²) in [4.78, 5) is 0. The summed E-state index contributed by atoms with van der Waals surface area (Å²) in [6.45, 7) is 1.84. The lowest BCUT2D eigenvalue weighted by atomic mass is 10.1. The van der Waals surface area contributed by atoms with Gasteiger partial charge in [-0.1, -0.05) is 12.1 Å². The lowest BCUT2D eigenvalue weighted by Crippen LogP contribution is -2.03. The monoisotopic (exact) mass is 226 g/mol. The van der Waals surface area contributed by atoms with Crippen LogP contribution in [0.2, 0.25) is 0 Å². The zero-order chi connectivity index (χ0) is 11.8. The van der Waals surface area contributed by atoms with Crippen LogP contribution in [0.15, 0.2) is 41.0 Å². The van der Waals surface area contributed by atoms with Crippen molar-refractivity contribution in [1.29, 1.82) is 0 Å². The van der Waals surface area contributed by atoms with E-state index in [0.717, 1.165) is 17.7 Å². The van der Waals surface area contributed by atoms with Crippen LogP contribution in [0.1, 0.15) is 11.1 Å². The van der Waals surface area contributed by atoms with E-state index in [4.69, 9.17) is 4.42 Å². The van der Waals surface area contributed by atoms with Gasteiger partial charge in [-0.2, -0.15) is 13.2 Å². The Morgan fingerprint density at radius 2 is 1.62 bits per heavy atom. The summed E-state index contributed by atoms with van der Waals surface area (Å²) in [5, 5.41) is 0. The second-order valence-corrected chi connectivity index (χ2v) is 3.51. The van der Waals surface area contributed by atoms with E-state index in [-0.39, 0.29) is 0 Å². The molecule has 84 valence electrons. The van der Waals surface area contributed by atoms with Crippen LogP contribution in [-0.4, -0.2) is 0 Å². The predicted molar refractivity (Wildman–Crippen MR) is 53.9 cm³/mol. The Morgan fingerprint density at radius 3 is 2.06 bits per heavy atom. The van der Waals surface area contributed by atoms with E-state index in [1.54, 1.807) is 6.07 Å². The number of rotatable bonds is 1. The van der Waals surface area contributed by atoms with Crippen LogP contribution in [0.3, 0.4) is 0 Å². The molecular formula is C12H9F3O. The zero-order valence-corrected chi connectivity index (χ0v) is 8.51. The number of hydrogen-bond donors (Lipinski definition) is 0. The van der Waals surface area contributed by atoms with Crippen LogP contribution in [0, 0.1) is 6.92 Å². The Kier molecular flexibility index (Phi) is 2.50. The standard InChI is InChI=1S/C12H9F3O/c1-8-6-7-16-11(8)9-2-4-10(5-3-9)12(13,14)15/h2-7H,1H3. The minimum atomic E-state index is -4.29. The molecule has 4 heteroatoms. The van der Waals surface area contributed by atoms with Gasteiger partial charge in [0.2, 0.25) is 0 Å². The Labute approximate surface area is 90.5 Å². The van der Waals surface area contributed by atoms with Crippen molar-refractivity contribution in [1.82, 2.24) is 0 Å². The van der Waals surface area contributed by atoms with Gasteiger partial charge in [-0.25, -0.2) is 0 Å². The smallest absolute Gasteiger partial charge is 0.416 e. The third-order valence-electron chi connectivity index (χ3n) is 2.34. The molecule has 0 radical (unpaired) electrons. The molecule has 0 amide bonds. The van der Waals surface area contributed by atoms with Gasteiger partial charge in [-0.3, -0.25) is 0 Å². The maximum absolute atomic E-state index is 12.3. The molecule has 0 unspecified atom stereocenters. The van der Waals surface area contributed by atoms with Crippen LogP contribution < -0.4 is 0 Å². The molecule has 0 saturated heterocycles. The highest BCUT2D eigenvalue weighted by Gasteiger charge is 2.30. The average molecular weight is 226 g/mol. The first-order valence-electron chi connectivity index (χ1n) is 4.70. The molecule has 0 fully saturated rings. The Morgan fingerprint density at radius 1 is 1.00 bits per heavy atom. The quantitative estimate of drug-likeness (QED) is 0.707. The van der Waals surface area contributed by atoms with E-state index >= 15 is 0 Å². The lowest BCUT2D eigenvalue weighted by Gasteiger charge is -2.06. The van der Waals surface area contributed by atoms with Gasteiger partial charge in [0.1, 0.15) is 5.76 Å². The predicted octanol–water partition coefficient (Wildman–Crippen LogP) is 4.27. The number of alkyl halides is 3. The normalized spacial score (nSPS) is 11.8. The van der Waals surface area contributed by atoms with Crippen molar-refractivity contribution in [2.24, 2.45) is 0 Å². The molecule has 16 heavy (non-hydrogen) atoms. The molecule has 2 rings (SSSR count). The molecule has 0 bridgehead atoms. The summed E-state index contributed by atoms with van der Waals surface area (Å²) in [7, 11) is 0. The third-order valence-corrected chi connectivity index (χ3v) is 2.34. The molecule has 0 saturated carbocycles. The van der Waals surface area contributed by atoms with Crippen molar-refractivity contribution in [3.8, 4) is 11.3 Å². The van der Waals surface area contributed by atoms with E-state index in [1.165, 1.54) is 18.4 Å². The highest BCUT2D eigenvalue weighted by Crippen LogP contribution is 2.31.